The van der Waals surface area contributed by atoms with E-state index in [1.165, 1.54) is 4.68 Å². The fraction of sp³-hybridized carbons (Fsp3) is 0.889. The van der Waals surface area contributed by atoms with Crippen LogP contribution < -0.4 is 5.32 Å². The summed E-state index contributed by atoms with van der Waals surface area (Å²) >= 11 is -0.0675. The lowest BCUT2D eigenvalue weighted by Gasteiger charge is -2.08. The highest BCUT2D eigenvalue weighted by Gasteiger charge is 2.27. The van der Waals surface area contributed by atoms with Crippen molar-refractivity contribution >= 4 is 11.8 Å². The van der Waals surface area contributed by atoms with Crippen LogP contribution in [0.3, 0.4) is 0 Å². The quantitative estimate of drug-likeness (QED) is 0.825. The van der Waals surface area contributed by atoms with Crippen LogP contribution in [0.25, 0.3) is 0 Å². The lowest BCUT2D eigenvalue weighted by Crippen LogP contribution is -2.22. The molecule has 9 heteroatoms. The highest BCUT2D eigenvalue weighted by molar-refractivity contribution is 8.00. The minimum Gasteiger partial charge on any atom is -0.310 e. The van der Waals surface area contributed by atoms with Gasteiger partial charge in [0.05, 0.1) is 13.1 Å². The molecule has 1 aromatic rings. The van der Waals surface area contributed by atoms with E-state index >= 15 is 0 Å². The summed E-state index contributed by atoms with van der Waals surface area (Å²) in [6.45, 7) is 5.55. The van der Waals surface area contributed by atoms with Gasteiger partial charge in [-0.25, -0.2) is 4.68 Å². The Morgan fingerprint density at radius 3 is 2.72 bits per heavy atom. The van der Waals surface area contributed by atoms with Gasteiger partial charge >= 0.3 is 5.51 Å². The van der Waals surface area contributed by atoms with Gasteiger partial charge in [-0.05, 0) is 34.7 Å². The summed E-state index contributed by atoms with van der Waals surface area (Å²) in [6.07, 6.45) is 0. The molecule has 0 aliphatic heterocycles. The molecule has 0 bridgehead atoms. The van der Waals surface area contributed by atoms with Gasteiger partial charge in [-0.15, -0.1) is 5.10 Å². The third-order valence-electron chi connectivity index (χ3n) is 2.01. The molecule has 1 heterocycles. The first-order valence-electron chi connectivity index (χ1n) is 5.55. The number of alkyl halides is 3. The molecule has 5 nitrogen and oxygen atoms in total. The SMILES string of the molecule is CC(C)CNCc1nnnn1CCSC(F)(F)F. The molecular weight excluding hydrogens is 267 g/mol. The van der Waals surface area contributed by atoms with E-state index in [4.69, 9.17) is 0 Å². The Hall–Kier alpha value is -0.830. The number of rotatable bonds is 7. The van der Waals surface area contributed by atoms with E-state index in [-0.39, 0.29) is 24.1 Å². The van der Waals surface area contributed by atoms with Crippen molar-refractivity contribution in [2.24, 2.45) is 5.92 Å². The fourth-order valence-corrected chi connectivity index (χ4v) is 1.74. The Kier molecular flexibility index (Phi) is 5.86. The molecule has 1 aromatic heterocycles. The van der Waals surface area contributed by atoms with Crippen molar-refractivity contribution in [3.63, 3.8) is 0 Å². The molecule has 18 heavy (non-hydrogen) atoms. The zero-order chi connectivity index (χ0) is 13.6. The Labute approximate surface area is 108 Å². The van der Waals surface area contributed by atoms with Crippen molar-refractivity contribution in [3.05, 3.63) is 5.82 Å². The number of nitrogens with zero attached hydrogens (tertiary/aromatic N) is 4. The maximum atomic E-state index is 12.0. The molecule has 104 valence electrons. The van der Waals surface area contributed by atoms with E-state index < -0.39 is 5.51 Å². The van der Waals surface area contributed by atoms with Gasteiger partial charge < -0.3 is 5.32 Å². The van der Waals surface area contributed by atoms with Crippen molar-refractivity contribution in [2.75, 3.05) is 12.3 Å². The molecule has 0 saturated heterocycles. The van der Waals surface area contributed by atoms with Crippen molar-refractivity contribution < 1.29 is 13.2 Å². The first-order valence-corrected chi connectivity index (χ1v) is 6.53. The number of aromatic nitrogens is 4. The van der Waals surface area contributed by atoms with Crippen LogP contribution in [0.15, 0.2) is 0 Å². The maximum Gasteiger partial charge on any atom is 0.441 e. The predicted molar refractivity (Wildman–Crippen MR) is 62.9 cm³/mol. The zero-order valence-electron chi connectivity index (χ0n) is 10.2. The van der Waals surface area contributed by atoms with Gasteiger partial charge in [0.25, 0.3) is 0 Å². The van der Waals surface area contributed by atoms with Crippen LogP contribution in [0.5, 0.6) is 0 Å². The molecule has 0 fully saturated rings. The van der Waals surface area contributed by atoms with Crippen LogP contribution in [0.4, 0.5) is 13.2 Å². The number of aryl methyl sites for hydroxylation is 1. The van der Waals surface area contributed by atoms with Crippen molar-refractivity contribution in [2.45, 2.75) is 32.4 Å². The molecule has 1 rings (SSSR count). The monoisotopic (exact) mass is 283 g/mol. The van der Waals surface area contributed by atoms with E-state index in [9.17, 15) is 13.2 Å². The van der Waals surface area contributed by atoms with Gasteiger partial charge in [-0.3, -0.25) is 0 Å². The van der Waals surface area contributed by atoms with Crippen LogP contribution in [-0.4, -0.2) is 38.0 Å². The van der Waals surface area contributed by atoms with Crippen molar-refractivity contribution in [1.82, 2.24) is 25.5 Å². The van der Waals surface area contributed by atoms with E-state index in [0.29, 0.717) is 18.3 Å². The van der Waals surface area contributed by atoms with E-state index in [2.05, 4.69) is 34.7 Å². The van der Waals surface area contributed by atoms with Crippen LogP contribution in [0.1, 0.15) is 19.7 Å². The molecule has 0 amide bonds. The summed E-state index contributed by atoms with van der Waals surface area (Å²) in [6, 6.07) is 0. The van der Waals surface area contributed by atoms with Crippen LogP contribution >= 0.6 is 11.8 Å². The van der Waals surface area contributed by atoms with Gasteiger partial charge in [-0.1, -0.05) is 13.8 Å². The Morgan fingerprint density at radius 2 is 2.11 bits per heavy atom. The number of tetrazole rings is 1. The Bertz CT molecular complexity index is 352. The lowest BCUT2D eigenvalue weighted by molar-refractivity contribution is -0.0328. The summed E-state index contributed by atoms with van der Waals surface area (Å²) in [5.74, 6) is 0.958. The lowest BCUT2D eigenvalue weighted by atomic mass is 10.2. The summed E-state index contributed by atoms with van der Waals surface area (Å²) in [5.41, 5.74) is -4.20. The second-order valence-electron chi connectivity index (χ2n) is 4.14. The molecule has 1 N–H and O–H groups in total. The van der Waals surface area contributed by atoms with Gasteiger partial charge in [0.2, 0.25) is 0 Å². The molecule has 0 saturated carbocycles. The summed E-state index contributed by atoms with van der Waals surface area (Å²) in [5, 5.41) is 14.1. The molecule has 0 unspecified atom stereocenters. The highest BCUT2D eigenvalue weighted by atomic mass is 32.2. The van der Waals surface area contributed by atoms with Gasteiger partial charge in [0.1, 0.15) is 0 Å². The van der Waals surface area contributed by atoms with Gasteiger partial charge in [0, 0.05) is 5.75 Å². The number of halogens is 3. The van der Waals surface area contributed by atoms with E-state index in [1.54, 1.807) is 0 Å². The summed E-state index contributed by atoms with van der Waals surface area (Å²) in [4.78, 5) is 0. The normalized spacial score (nSPS) is 12.3. The summed E-state index contributed by atoms with van der Waals surface area (Å²) < 4.78 is 37.3. The number of thioether (sulfide) groups is 1. The molecular formula is C9H16F3N5S. The second kappa shape index (κ2) is 6.93. The van der Waals surface area contributed by atoms with E-state index in [0.717, 1.165) is 6.54 Å². The first kappa shape index (κ1) is 15.2. The average Bonchev–Trinajstić information content (AvgIpc) is 2.63. The molecule has 0 aliphatic rings. The maximum absolute atomic E-state index is 12.0. The van der Waals surface area contributed by atoms with Crippen LogP contribution in [0.2, 0.25) is 0 Å². The Balaban J connectivity index is 2.35. The van der Waals surface area contributed by atoms with Crippen LogP contribution in [0, 0.1) is 5.92 Å². The van der Waals surface area contributed by atoms with Gasteiger partial charge in [0.15, 0.2) is 5.82 Å². The molecule has 0 aliphatic carbocycles. The average molecular weight is 283 g/mol. The number of hydrogen-bond acceptors (Lipinski definition) is 5. The first-order chi connectivity index (χ1) is 8.38. The van der Waals surface area contributed by atoms with E-state index in [1.807, 2.05) is 0 Å². The molecule has 0 atom stereocenters. The smallest absolute Gasteiger partial charge is 0.310 e. The standard InChI is InChI=1S/C9H16F3N5S/c1-7(2)5-13-6-8-14-15-16-17(8)3-4-18-9(10,11)12/h7,13H,3-6H2,1-2H3. The van der Waals surface area contributed by atoms with Crippen LogP contribution in [-0.2, 0) is 13.1 Å². The zero-order valence-corrected chi connectivity index (χ0v) is 11.1. The number of nitrogens with one attached hydrogen (secondary N) is 1. The topological polar surface area (TPSA) is 55.6 Å². The fourth-order valence-electron chi connectivity index (χ4n) is 1.24. The molecule has 0 aromatic carbocycles. The van der Waals surface area contributed by atoms with Crippen molar-refractivity contribution in [1.29, 1.82) is 0 Å². The van der Waals surface area contributed by atoms with Crippen molar-refractivity contribution in [3.8, 4) is 0 Å². The molecule has 0 radical (unpaired) electrons. The minimum absolute atomic E-state index is 0.0675. The largest absolute Gasteiger partial charge is 0.441 e. The minimum atomic E-state index is -4.20. The highest BCUT2D eigenvalue weighted by Crippen LogP contribution is 2.29. The summed E-state index contributed by atoms with van der Waals surface area (Å²) in [7, 11) is 0. The third-order valence-corrected chi connectivity index (χ3v) is 2.72. The number of hydrogen-bond donors (Lipinski definition) is 1. The molecule has 0 spiro atoms. The third kappa shape index (κ3) is 6.20. The second-order valence-corrected chi connectivity index (χ2v) is 5.30. The Morgan fingerprint density at radius 1 is 1.39 bits per heavy atom. The van der Waals surface area contributed by atoms with Gasteiger partial charge in [-0.2, -0.15) is 13.2 Å². The predicted octanol–water partition coefficient (Wildman–Crippen LogP) is 1.67.